The van der Waals surface area contributed by atoms with Crippen molar-refractivity contribution in [2.24, 2.45) is 0 Å². The molecule has 4 nitrogen and oxygen atoms in total. The topological polar surface area (TPSA) is 47.6 Å². The lowest BCUT2D eigenvalue weighted by Crippen LogP contribution is -2.54. The number of carbonyl (C=O) groups is 1. The lowest BCUT2D eigenvalue weighted by atomic mass is 10.1. The molecule has 0 bridgehead atoms. The SMILES string of the molecule is CCOC(=O)C(C)(CSC1CCOC1C)NC1CC1. The summed E-state index contributed by atoms with van der Waals surface area (Å²) in [5.41, 5.74) is -0.565. The molecule has 0 amide bonds. The number of hydrogen-bond acceptors (Lipinski definition) is 5. The highest BCUT2D eigenvalue weighted by atomic mass is 32.2. The molecule has 3 atom stereocenters. The summed E-state index contributed by atoms with van der Waals surface area (Å²) in [7, 11) is 0. The number of ether oxygens (including phenoxy) is 2. The van der Waals surface area contributed by atoms with Gasteiger partial charge in [-0.15, -0.1) is 0 Å². The molecule has 2 rings (SSSR count). The predicted molar refractivity (Wildman–Crippen MR) is 77.5 cm³/mol. The number of esters is 1. The van der Waals surface area contributed by atoms with Crippen molar-refractivity contribution in [2.75, 3.05) is 19.0 Å². The fraction of sp³-hybridized carbons (Fsp3) is 0.929. The van der Waals surface area contributed by atoms with Crippen LogP contribution in [0.5, 0.6) is 0 Å². The monoisotopic (exact) mass is 287 g/mol. The van der Waals surface area contributed by atoms with Crippen LogP contribution in [0.2, 0.25) is 0 Å². The molecule has 0 aromatic rings. The summed E-state index contributed by atoms with van der Waals surface area (Å²) >= 11 is 1.83. The molecule has 0 spiro atoms. The summed E-state index contributed by atoms with van der Waals surface area (Å²) in [5, 5.41) is 3.95. The molecule has 1 saturated carbocycles. The Morgan fingerprint density at radius 1 is 1.47 bits per heavy atom. The van der Waals surface area contributed by atoms with Crippen LogP contribution < -0.4 is 5.32 Å². The number of rotatable bonds is 7. The second-order valence-corrected chi connectivity index (χ2v) is 6.91. The van der Waals surface area contributed by atoms with Gasteiger partial charge in [0.25, 0.3) is 0 Å². The van der Waals surface area contributed by atoms with E-state index in [1.54, 1.807) is 0 Å². The Bertz CT molecular complexity index is 322. The Morgan fingerprint density at radius 2 is 2.21 bits per heavy atom. The normalized spacial score (nSPS) is 30.1. The van der Waals surface area contributed by atoms with Gasteiger partial charge in [0, 0.05) is 23.7 Å². The molecule has 19 heavy (non-hydrogen) atoms. The van der Waals surface area contributed by atoms with E-state index in [0.717, 1.165) is 18.8 Å². The van der Waals surface area contributed by atoms with Crippen molar-refractivity contribution in [3.8, 4) is 0 Å². The third kappa shape index (κ3) is 4.10. The molecule has 1 aliphatic heterocycles. The third-order valence-electron chi connectivity index (χ3n) is 3.72. The molecule has 0 aromatic heterocycles. The second-order valence-electron chi connectivity index (χ2n) is 5.69. The first kappa shape index (κ1) is 15.1. The van der Waals surface area contributed by atoms with Gasteiger partial charge in [0.05, 0.1) is 12.7 Å². The summed E-state index contributed by atoms with van der Waals surface area (Å²) in [6, 6.07) is 0.493. The van der Waals surface area contributed by atoms with Gasteiger partial charge in [0.2, 0.25) is 0 Å². The van der Waals surface area contributed by atoms with Crippen LogP contribution in [0.4, 0.5) is 0 Å². The molecule has 0 radical (unpaired) electrons. The standard InChI is InChI=1S/C14H25NO3S/c1-4-17-13(16)14(3,15-11-5-6-11)9-19-12-7-8-18-10(12)2/h10-12,15H,4-9H2,1-3H3. The lowest BCUT2D eigenvalue weighted by Gasteiger charge is -2.29. The van der Waals surface area contributed by atoms with Crippen molar-refractivity contribution >= 4 is 17.7 Å². The van der Waals surface area contributed by atoms with Crippen molar-refractivity contribution in [3.63, 3.8) is 0 Å². The van der Waals surface area contributed by atoms with Gasteiger partial charge in [-0.05, 0) is 40.0 Å². The van der Waals surface area contributed by atoms with E-state index >= 15 is 0 Å². The van der Waals surface area contributed by atoms with E-state index in [1.165, 1.54) is 12.8 Å². The van der Waals surface area contributed by atoms with Gasteiger partial charge in [0.15, 0.2) is 0 Å². The van der Waals surface area contributed by atoms with Crippen LogP contribution in [-0.4, -0.2) is 47.9 Å². The first-order valence-electron chi connectivity index (χ1n) is 7.23. The van der Waals surface area contributed by atoms with Gasteiger partial charge in [-0.25, -0.2) is 0 Å². The summed E-state index contributed by atoms with van der Waals surface area (Å²) in [6.45, 7) is 7.21. The van der Waals surface area contributed by atoms with Crippen LogP contribution in [0.25, 0.3) is 0 Å². The van der Waals surface area contributed by atoms with Crippen LogP contribution in [-0.2, 0) is 14.3 Å². The Morgan fingerprint density at radius 3 is 2.74 bits per heavy atom. The number of nitrogens with one attached hydrogen (secondary N) is 1. The van der Waals surface area contributed by atoms with Gasteiger partial charge >= 0.3 is 5.97 Å². The molecule has 110 valence electrons. The Balaban J connectivity index is 1.90. The minimum absolute atomic E-state index is 0.124. The van der Waals surface area contributed by atoms with Crippen molar-refractivity contribution < 1.29 is 14.3 Å². The maximum Gasteiger partial charge on any atom is 0.326 e. The third-order valence-corrected chi connectivity index (χ3v) is 5.51. The Hall–Kier alpha value is -0.260. The van der Waals surface area contributed by atoms with Gasteiger partial charge in [-0.2, -0.15) is 11.8 Å². The van der Waals surface area contributed by atoms with Crippen LogP contribution in [0.3, 0.4) is 0 Å². The van der Waals surface area contributed by atoms with Crippen LogP contribution in [0.1, 0.15) is 40.0 Å². The van der Waals surface area contributed by atoms with Crippen molar-refractivity contribution in [2.45, 2.75) is 63.0 Å². The van der Waals surface area contributed by atoms with Gasteiger partial charge < -0.3 is 9.47 Å². The van der Waals surface area contributed by atoms with E-state index in [4.69, 9.17) is 9.47 Å². The minimum Gasteiger partial charge on any atom is -0.465 e. The molecule has 2 aliphatic rings. The average molecular weight is 287 g/mol. The zero-order chi connectivity index (χ0) is 13.9. The molecule has 1 aliphatic carbocycles. The summed E-state index contributed by atoms with van der Waals surface area (Å²) in [4.78, 5) is 12.2. The average Bonchev–Trinajstić information content (AvgIpc) is 3.08. The molecule has 3 unspecified atom stereocenters. The fourth-order valence-corrected chi connectivity index (χ4v) is 3.69. The van der Waals surface area contributed by atoms with Gasteiger partial charge in [-0.3, -0.25) is 10.1 Å². The molecule has 2 fully saturated rings. The highest BCUT2D eigenvalue weighted by molar-refractivity contribution is 8.00. The van der Waals surface area contributed by atoms with Crippen molar-refractivity contribution in [3.05, 3.63) is 0 Å². The lowest BCUT2D eigenvalue weighted by molar-refractivity contribution is -0.149. The van der Waals surface area contributed by atoms with E-state index in [0.29, 0.717) is 17.9 Å². The van der Waals surface area contributed by atoms with Crippen molar-refractivity contribution in [1.29, 1.82) is 0 Å². The molecule has 5 heteroatoms. The van der Waals surface area contributed by atoms with E-state index in [-0.39, 0.29) is 12.1 Å². The summed E-state index contributed by atoms with van der Waals surface area (Å²) < 4.78 is 10.8. The molecular weight excluding hydrogens is 262 g/mol. The maximum absolute atomic E-state index is 12.2. The smallest absolute Gasteiger partial charge is 0.326 e. The van der Waals surface area contributed by atoms with Crippen LogP contribution in [0, 0.1) is 0 Å². The van der Waals surface area contributed by atoms with Gasteiger partial charge in [0.1, 0.15) is 5.54 Å². The largest absolute Gasteiger partial charge is 0.465 e. The van der Waals surface area contributed by atoms with Gasteiger partial charge in [-0.1, -0.05) is 0 Å². The quantitative estimate of drug-likeness (QED) is 0.726. The Kier molecular flexibility index (Phi) is 5.15. The van der Waals surface area contributed by atoms with E-state index in [1.807, 2.05) is 25.6 Å². The van der Waals surface area contributed by atoms with E-state index in [9.17, 15) is 4.79 Å². The van der Waals surface area contributed by atoms with Crippen LogP contribution in [0.15, 0.2) is 0 Å². The molecular formula is C14H25NO3S. The Labute approximate surface area is 120 Å². The number of thioether (sulfide) groups is 1. The van der Waals surface area contributed by atoms with Crippen LogP contribution >= 0.6 is 11.8 Å². The molecule has 1 heterocycles. The predicted octanol–water partition coefficient (Wildman–Crippen LogP) is 1.97. The maximum atomic E-state index is 12.2. The minimum atomic E-state index is -0.565. The fourth-order valence-electron chi connectivity index (χ4n) is 2.33. The van der Waals surface area contributed by atoms with E-state index < -0.39 is 5.54 Å². The highest BCUT2D eigenvalue weighted by Crippen LogP contribution is 2.31. The van der Waals surface area contributed by atoms with E-state index in [2.05, 4.69) is 12.2 Å². The zero-order valence-electron chi connectivity index (χ0n) is 12.1. The summed E-state index contributed by atoms with van der Waals surface area (Å²) in [6.07, 6.45) is 3.71. The molecule has 0 aromatic carbocycles. The number of carbonyl (C=O) groups excluding carboxylic acids is 1. The second kappa shape index (κ2) is 6.46. The highest BCUT2D eigenvalue weighted by Gasteiger charge is 2.41. The van der Waals surface area contributed by atoms with Crippen molar-refractivity contribution in [1.82, 2.24) is 5.32 Å². The first-order chi connectivity index (χ1) is 9.05. The summed E-state index contributed by atoms with van der Waals surface area (Å²) in [5.74, 6) is 0.627. The zero-order valence-corrected chi connectivity index (χ0v) is 12.9. The molecule has 1 N–H and O–H groups in total. The first-order valence-corrected chi connectivity index (χ1v) is 8.28. The number of hydrogen-bond donors (Lipinski definition) is 1. The molecule has 1 saturated heterocycles.